The molecule has 0 aliphatic carbocycles. The maximum atomic E-state index is 12.4. The number of amides is 1. The van der Waals surface area contributed by atoms with Crippen molar-refractivity contribution in [3.8, 4) is 0 Å². The maximum absolute atomic E-state index is 12.4. The third kappa shape index (κ3) is 3.10. The second-order valence-electron chi connectivity index (χ2n) is 5.93. The standard InChI is InChI=1S/C16H22N2O3/c19-11-16(7-9-21-10-8-16)18-14-6-5-12-3-1-2-4-13(12)17-15(14)20/h1-4,14,18-19H,5-11H2,(H,17,20). The van der Waals surface area contributed by atoms with Gasteiger partial charge >= 0.3 is 0 Å². The fourth-order valence-electron chi connectivity index (χ4n) is 3.13. The number of rotatable bonds is 3. The van der Waals surface area contributed by atoms with Gasteiger partial charge in [-0.15, -0.1) is 0 Å². The molecule has 1 unspecified atom stereocenters. The number of nitrogens with one attached hydrogen (secondary N) is 2. The monoisotopic (exact) mass is 290 g/mol. The van der Waals surface area contributed by atoms with E-state index in [1.165, 1.54) is 5.56 Å². The Kier molecular flexibility index (Phi) is 4.24. The van der Waals surface area contributed by atoms with Crippen LogP contribution in [0.25, 0.3) is 0 Å². The van der Waals surface area contributed by atoms with Crippen LogP contribution in [0.4, 0.5) is 5.69 Å². The summed E-state index contributed by atoms with van der Waals surface area (Å²) >= 11 is 0. The first-order valence-electron chi connectivity index (χ1n) is 7.57. The molecule has 2 aliphatic rings. The number of fused-ring (bicyclic) bond motifs is 1. The first kappa shape index (κ1) is 14.5. The predicted octanol–water partition coefficient (Wildman–Crippen LogP) is 1.07. The van der Waals surface area contributed by atoms with E-state index in [0.717, 1.165) is 31.4 Å². The number of benzene rings is 1. The molecule has 2 heterocycles. The van der Waals surface area contributed by atoms with Crippen LogP contribution >= 0.6 is 0 Å². The van der Waals surface area contributed by atoms with Crippen LogP contribution in [-0.2, 0) is 16.0 Å². The highest BCUT2D eigenvalue weighted by molar-refractivity contribution is 5.96. The Morgan fingerprint density at radius 1 is 1.33 bits per heavy atom. The van der Waals surface area contributed by atoms with Gasteiger partial charge in [-0.3, -0.25) is 10.1 Å². The number of carbonyl (C=O) groups is 1. The van der Waals surface area contributed by atoms with E-state index in [0.29, 0.717) is 13.2 Å². The molecule has 0 spiro atoms. The molecule has 1 aromatic carbocycles. The molecule has 0 bridgehead atoms. The quantitative estimate of drug-likeness (QED) is 0.779. The van der Waals surface area contributed by atoms with Crippen molar-refractivity contribution < 1.29 is 14.6 Å². The minimum atomic E-state index is -0.392. The molecule has 5 heteroatoms. The van der Waals surface area contributed by atoms with E-state index < -0.39 is 5.54 Å². The van der Waals surface area contributed by atoms with Crippen molar-refractivity contribution in [1.82, 2.24) is 5.32 Å². The summed E-state index contributed by atoms with van der Waals surface area (Å²) in [6.45, 7) is 1.29. The van der Waals surface area contributed by atoms with Crippen molar-refractivity contribution in [2.45, 2.75) is 37.3 Å². The largest absolute Gasteiger partial charge is 0.394 e. The number of hydrogen-bond donors (Lipinski definition) is 3. The van der Waals surface area contributed by atoms with Gasteiger partial charge in [0, 0.05) is 24.4 Å². The Morgan fingerprint density at radius 3 is 2.86 bits per heavy atom. The normalized spacial score (nSPS) is 24.8. The molecule has 0 radical (unpaired) electrons. The van der Waals surface area contributed by atoms with Crippen LogP contribution < -0.4 is 10.6 Å². The van der Waals surface area contributed by atoms with E-state index in [2.05, 4.69) is 10.6 Å². The molecule has 114 valence electrons. The Hall–Kier alpha value is -1.43. The van der Waals surface area contributed by atoms with Crippen molar-refractivity contribution in [3.63, 3.8) is 0 Å². The minimum Gasteiger partial charge on any atom is -0.394 e. The van der Waals surface area contributed by atoms with Gasteiger partial charge in [0.15, 0.2) is 0 Å². The Bertz CT molecular complexity index is 512. The number of hydrogen-bond acceptors (Lipinski definition) is 4. The van der Waals surface area contributed by atoms with Crippen molar-refractivity contribution in [2.75, 3.05) is 25.1 Å². The summed E-state index contributed by atoms with van der Waals surface area (Å²) in [4.78, 5) is 12.4. The van der Waals surface area contributed by atoms with Crippen LogP contribution in [-0.4, -0.2) is 42.4 Å². The van der Waals surface area contributed by atoms with E-state index in [-0.39, 0.29) is 18.6 Å². The summed E-state index contributed by atoms with van der Waals surface area (Å²) in [5.74, 6) is -0.0146. The van der Waals surface area contributed by atoms with Crippen LogP contribution in [0.15, 0.2) is 24.3 Å². The number of aliphatic hydroxyl groups excluding tert-OH is 1. The third-order valence-electron chi connectivity index (χ3n) is 4.53. The number of anilines is 1. The average Bonchev–Trinajstić information content (AvgIpc) is 2.68. The molecule has 1 amide bonds. The van der Waals surface area contributed by atoms with E-state index in [9.17, 15) is 9.90 Å². The lowest BCUT2D eigenvalue weighted by molar-refractivity contribution is -0.119. The highest BCUT2D eigenvalue weighted by Crippen LogP contribution is 2.25. The Balaban J connectivity index is 1.73. The zero-order valence-electron chi connectivity index (χ0n) is 12.1. The summed E-state index contributed by atoms with van der Waals surface area (Å²) in [5, 5.41) is 16.1. The molecule has 1 atom stereocenters. The zero-order valence-corrected chi connectivity index (χ0v) is 12.1. The van der Waals surface area contributed by atoms with Crippen LogP contribution in [0.1, 0.15) is 24.8 Å². The van der Waals surface area contributed by atoms with Crippen LogP contribution in [0.3, 0.4) is 0 Å². The van der Waals surface area contributed by atoms with Crippen molar-refractivity contribution >= 4 is 11.6 Å². The minimum absolute atomic E-state index is 0.0146. The molecule has 3 N–H and O–H groups in total. The zero-order chi connectivity index (χ0) is 14.7. The molecule has 1 saturated heterocycles. The number of ether oxygens (including phenoxy) is 1. The molecule has 5 nitrogen and oxygen atoms in total. The number of aliphatic hydroxyl groups is 1. The Morgan fingerprint density at radius 2 is 2.10 bits per heavy atom. The van der Waals surface area contributed by atoms with Crippen LogP contribution in [0, 0.1) is 0 Å². The third-order valence-corrected chi connectivity index (χ3v) is 4.53. The van der Waals surface area contributed by atoms with Gasteiger partial charge in [0.2, 0.25) is 5.91 Å². The summed E-state index contributed by atoms with van der Waals surface area (Å²) < 4.78 is 5.37. The highest BCUT2D eigenvalue weighted by atomic mass is 16.5. The fraction of sp³-hybridized carbons (Fsp3) is 0.562. The summed E-state index contributed by atoms with van der Waals surface area (Å²) in [7, 11) is 0. The predicted molar refractivity (Wildman–Crippen MR) is 80.2 cm³/mol. The molecular weight excluding hydrogens is 268 g/mol. The second-order valence-corrected chi connectivity index (χ2v) is 5.93. The molecule has 2 aliphatic heterocycles. The van der Waals surface area contributed by atoms with Gasteiger partial charge in [-0.05, 0) is 37.3 Å². The summed E-state index contributed by atoms with van der Waals surface area (Å²) in [6, 6.07) is 7.63. The molecule has 1 fully saturated rings. The van der Waals surface area contributed by atoms with Crippen molar-refractivity contribution in [3.05, 3.63) is 29.8 Å². The van der Waals surface area contributed by atoms with E-state index in [4.69, 9.17) is 4.74 Å². The lowest BCUT2D eigenvalue weighted by atomic mass is 9.89. The second kappa shape index (κ2) is 6.13. The van der Waals surface area contributed by atoms with E-state index in [1.807, 2.05) is 24.3 Å². The first-order chi connectivity index (χ1) is 10.2. The number of aryl methyl sites for hydroxylation is 1. The first-order valence-corrected chi connectivity index (χ1v) is 7.57. The van der Waals surface area contributed by atoms with Crippen LogP contribution in [0.2, 0.25) is 0 Å². The van der Waals surface area contributed by atoms with Crippen molar-refractivity contribution in [2.24, 2.45) is 0 Å². The maximum Gasteiger partial charge on any atom is 0.241 e. The molecule has 21 heavy (non-hydrogen) atoms. The average molecular weight is 290 g/mol. The van der Waals surface area contributed by atoms with Gasteiger partial charge in [-0.1, -0.05) is 18.2 Å². The topological polar surface area (TPSA) is 70.6 Å². The van der Waals surface area contributed by atoms with E-state index in [1.54, 1.807) is 0 Å². The van der Waals surface area contributed by atoms with Gasteiger partial charge in [0.1, 0.15) is 0 Å². The summed E-state index contributed by atoms with van der Waals surface area (Å²) in [6.07, 6.45) is 3.07. The molecule has 1 aromatic rings. The van der Waals surface area contributed by atoms with Gasteiger partial charge in [-0.2, -0.15) is 0 Å². The lowest BCUT2D eigenvalue weighted by Crippen LogP contribution is -2.58. The lowest BCUT2D eigenvalue weighted by Gasteiger charge is -2.39. The van der Waals surface area contributed by atoms with Crippen LogP contribution in [0.5, 0.6) is 0 Å². The molecular formula is C16H22N2O3. The Labute approximate surface area is 124 Å². The van der Waals surface area contributed by atoms with Crippen molar-refractivity contribution in [1.29, 1.82) is 0 Å². The highest BCUT2D eigenvalue weighted by Gasteiger charge is 2.36. The summed E-state index contributed by atoms with van der Waals surface area (Å²) in [5.41, 5.74) is 1.67. The fourth-order valence-corrected chi connectivity index (χ4v) is 3.13. The van der Waals surface area contributed by atoms with E-state index >= 15 is 0 Å². The molecule has 0 saturated carbocycles. The SMILES string of the molecule is O=C1Nc2ccccc2CCC1NC1(CO)CCOCC1. The van der Waals surface area contributed by atoms with Gasteiger partial charge in [0.25, 0.3) is 0 Å². The molecule has 0 aromatic heterocycles. The molecule has 3 rings (SSSR count). The number of carbonyl (C=O) groups excluding carboxylic acids is 1. The number of para-hydroxylation sites is 1. The van der Waals surface area contributed by atoms with Gasteiger partial charge in [-0.25, -0.2) is 0 Å². The smallest absolute Gasteiger partial charge is 0.241 e. The van der Waals surface area contributed by atoms with Gasteiger partial charge < -0.3 is 15.2 Å². The van der Waals surface area contributed by atoms with Gasteiger partial charge in [0.05, 0.1) is 12.6 Å².